The smallest absolute Gasteiger partial charge is 0.119 e. The lowest BCUT2D eigenvalue weighted by atomic mass is 10.0. The zero-order chi connectivity index (χ0) is 15.5. The number of fused-ring (bicyclic) bond motifs is 1. The summed E-state index contributed by atoms with van der Waals surface area (Å²) in [5, 5.41) is 3.36. The maximum Gasteiger partial charge on any atom is 0.119 e. The highest BCUT2D eigenvalue weighted by Crippen LogP contribution is 2.35. The third-order valence-electron chi connectivity index (χ3n) is 4.25. The number of benzene rings is 1. The van der Waals surface area contributed by atoms with Gasteiger partial charge in [0.25, 0.3) is 0 Å². The number of nitrogens with two attached hydrogens (primary N) is 1. The Labute approximate surface area is 135 Å². The Morgan fingerprint density at radius 2 is 2.32 bits per heavy atom. The molecule has 0 radical (unpaired) electrons. The predicted molar refractivity (Wildman–Crippen MR) is 90.4 cm³/mol. The molecule has 22 heavy (non-hydrogen) atoms. The molecule has 0 spiro atoms. The number of rotatable bonds is 6. The first-order valence-corrected chi connectivity index (χ1v) is 8.61. The van der Waals surface area contributed by atoms with Gasteiger partial charge >= 0.3 is 0 Å². The highest BCUT2D eigenvalue weighted by molar-refractivity contribution is 7.09. The largest absolute Gasteiger partial charge is 0.497 e. The standard InChI is InChI=1S/C17H23N3OS/c1-12-11-22-17(19-12)4-3-7-20-10-13-5-6-14(21-2)8-15(13)16(20)9-18/h5-6,8,11,16H,3-4,7,9-10,18H2,1-2H3. The summed E-state index contributed by atoms with van der Waals surface area (Å²) in [4.78, 5) is 7.01. The first-order chi connectivity index (χ1) is 10.7. The topological polar surface area (TPSA) is 51.4 Å². The Morgan fingerprint density at radius 3 is 3.00 bits per heavy atom. The second kappa shape index (κ2) is 6.77. The molecule has 2 heterocycles. The zero-order valence-corrected chi connectivity index (χ0v) is 14.0. The van der Waals surface area contributed by atoms with Gasteiger partial charge in [0.1, 0.15) is 5.75 Å². The molecule has 1 aromatic heterocycles. The normalized spacial score (nSPS) is 17.7. The van der Waals surface area contributed by atoms with Crippen LogP contribution in [-0.4, -0.2) is 30.1 Å². The van der Waals surface area contributed by atoms with E-state index in [0.717, 1.165) is 37.4 Å². The van der Waals surface area contributed by atoms with Crippen LogP contribution in [0.3, 0.4) is 0 Å². The summed E-state index contributed by atoms with van der Waals surface area (Å²) >= 11 is 1.76. The van der Waals surface area contributed by atoms with E-state index >= 15 is 0 Å². The summed E-state index contributed by atoms with van der Waals surface area (Å²) in [7, 11) is 1.71. The van der Waals surface area contributed by atoms with Crippen LogP contribution in [0, 0.1) is 6.92 Å². The third-order valence-corrected chi connectivity index (χ3v) is 5.28. The van der Waals surface area contributed by atoms with Gasteiger partial charge in [-0.3, -0.25) is 4.90 Å². The maximum atomic E-state index is 6.02. The summed E-state index contributed by atoms with van der Waals surface area (Å²) < 4.78 is 5.34. The molecule has 1 unspecified atom stereocenters. The van der Waals surface area contributed by atoms with Crippen molar-refractivity contribution in [3.05, 3.63) is 45.4 Å². The molecule has 1 aromatic carbocycles. The van der Waals surface area contributed by atoms with Gasteiger partial charge in [-0.05, 0) is 43.1 Å². The lowest BCUT2D eigenvalue weighted by Crippen LogP contribution is -2.29. The van der Waals surface area contributed by atoms with E-state index < -0.39 is 0 Å². The molecule has 1 atom stereocenters. The fourth-order valence-corrected chi connectivity index (χ4v) is 3.96. The van der Waals surface area contributed by atoms with Crippen molar-refractivity contribution < 1.29 is 4.74 Å². The highest BCUT2D eigenvalue weighted by Gasteiger charge is 2.28. The van der Waals surface area contributed by atoms with Crippen molar-refractivity contribution in [2.45, 2.75) is 32.4 Å². The highest BCUT2D eigenvalue weighted by atomic mass is 32.1. The molecule has 4 nitrogen and oxygen atoms in total. The van der Waals surface area contributed by atoms with Crippen molar-refractivity contribution >= 4 is 11.3 Å². The predicted octanol–water partition coefficient (Wildman–Crippen LogP) is 2.91. The van der Waals surface area contributed by atoms with Gasteiger partial charge in [-0.25, -0.2) is 4.98 Å². The number of methoxy groups -OCH3 is 1. The van der Waals surface area contributed by atoms with Crippen molar-refractivity contribution in [3.8, 4) is 5.75 Å². The van der Waals surface area contributed by atoms with Crippen molar-refractivity contribution in [1.82, 2.24) is 9.88 Å². The van der Waals surface area contributed by atoms with Gasteiger partial charge in [0.05, 0.1) is 12.1 Å². The lowest BCUT2D eigenvalue weighted by Gasteiger charge is -2.23. The summed E-state index contributed by atoms with van der Waals surface area (Å²) in [6.45, 7) is 4.74. The first-order valence-electron chi connectivity index (χ1n) is 7.73. The van der Waals surface area contributed by atoms with Gasteiger partial charge in [-0.15, -0.1) is 11.3 Å². The number of hydrogen-bond acceptors (Lipinski definition) is 5. The Hall–Kier alpha value is -1.43. The number of aryl methyl sites for hydroxylation is 2. The van der Waals surface area contributed by atoms with Crippen LogP contribution in [0.15, 0.2) is 23.6 Å². The van der Waals surface area contributed by atoms with Gasteiger partial charge in [0.2, 0.25) is 0 Å². The zero-order valence-electron chi connectivity index (χ0n) is 13.2. The number of ether oxygens (including phenoxy) is 1. The van der Waals surface area contributed by atoms with Crippen molar-refractivity contribution in [2.24, 2.45) is 5.73 Å². The van der Waals surface area contributed by atoms with Crippen molar-refractivity contribution in [1.29, 1.82) is 0 Å². The van der Waals surface area contributed by atoms with E-state index in [-0.39, 0.29) is 0 Å². The van der Waals surface area contributed by atoms with Crippen LogP contribution >= 0.6 is 11.3 Å². The van der Waals surface area contributed by atoms with Crippen LogP contribution in [0.4, 0.5) is 0 Å². The Kier molecular flexibility index (Phi) is 4.76. The molecule has 2 aromatic rings. The Balaban J connectivity index is 1.62. The van der Waals surface area contributed by atoms with E-state index in [2.05, 4.69) is 34.3 Å². The molecule has 5 heteroatoms. The number of nitrogens with zero attached hydrogens (tertiary/aromatic N) is 2. The first kappa shape index (κ1) is 15.5. The van der Waals surface area contributed by atoms with Crippen molar-refractivity contribution in [3.63, 3.8) is 0 Å². The third kappa shape index (κ3) is 3.16. The Bertz CT molecular complexity index is 641. The Morgan fingerprint density at radius 1 is 1.45 bits per heavy atom. The minimum absolute atomic E-state index is 0.308. The summed E-state index contributed by atoms with van der Waals surface area (Å²) in [5.41, 5.74) is 9.85. The molecule has 0 fully saturated rings. The molecule has 1 aliphatic heterocycles. The molecule has 0 aliphatic carbocycles. The van der Waals surface area contributed by atoms with E-state index in [9.17, 15) is 0 Å². The fraction of sp³-hybridized carbons (Fsp3) is 0.471. The van der Waals surface area contributed by atoms with Crippen LogP contribution in [0.5, 0.6) is 5.75 Å². The van der Waals surface area contributed by atoms with Crippen LogP contribution in [-0.2, 0) is 13.0 Å². The quantitative estimate of drug-likeness (QED) is 0.890. The molecule has 0 saturated carbocycles. The van der Waals surface area contributed by atoms with Crippen LogP contribution in [0.1, 0.15) is 34.3 Å². The maximum absolute atomic E-state index is 6.02. The number of aromatic nitrogens is 1. The molecular weight excluding hydrogens is 294 g/mol. The summed E-state index contributed by atoms with van der Waals surface area (Å²) in [6.07, 6.45) is 2.17. The molecule has 0 saturated heterocycles. The number of thiazole rings is 1. The molecule has 1 aliphatic rings. The van der Waals surface area contributed by atoms with Crippen LogP contribution in [0.25, 0.3) is 0 Å². The molecular formula is C17H23N3OS. The molecule has 0 bridgehead atoms. The summed E-state index contributed by atoms with van der Waals surface area (Å²) in [5.74, 6) is 0.914. The van der Waals surface area contributed by atoms with Gasteiger partial charge in [0, 0.05) is 36.6 Å². The van der Waals surface area contributed by atoms with Crippen molar-refractivity contribution in [2.75, 3.05) is 20.2 Å². The van der Waals surface area contributed by atoms with E-state index in [4.69, 9.17) is 10.5 Å². The second-order valence-electron chi connectivity index (χ2n) is 5.77. The van der Waals surface area contributed by atoms with Gasteiger partial charge in [-0.1, -0.05) is 6.07 Å². The second-order valence-corrected chi connectivity index (χ2v) is 6.72. The SMILES string of the molecule is COc1ccc2c(c1)C(CN)N(CCCc1nc(C)cs1)C2. The molecule has 0 amide bonds. The number of hydrogen-bond donors (Lipinski definition) is 1. The fourth-order valence-electron chi connectivity index (χ4n) is 3.14. The van der Waals surface area contributed by atoms with E-state index in [1.54, 1.807) is 18.4 Å². The molecule has 2 N–H and O–H groups in total. The van der Waals surface area contributed by atoms with E-state index in [1.807, 2.05) is 6.07 Å². The molecule has 3 rings (SSSR count). The lowest BCUT2D eigenvalue weighted by molar-refractivity contribution is 0.217. The van der Waals surface area contributed by atoms with Gasteiger partial charge in [0.15, 0.2) is 0 Å². The van der Waals surface area contributed by atoms with Crippen LogP contribution < -0.4 is 10.5 Å². The van der Waals surface area contributed by atoms with E-state index in [0.29, 0.717) is 12.6 Å². The van der Waals surface area contributed by atoms with Gasteiger partial charge in [-0.2, -0.15) is 0 Å². The monoisotopic (exact) mass is 317 g/mol. The minimum Gasteiger partial charge on any atom is -0.497 e. The minimum atomic E-state index is 0.308. The average molecular weight is 317 g/mol. The average Bonchev–Trinajstić information content (AvgIpc) is 3.09. The molecule has 118 valence electrons. The summed E-state index contributed by atoms with van der Waals surface area (Å²) in [6, 6.07) is 6.65. The van der Waals surface area contributed by atoms with E-state index in [1.165, 1.54) is 16.1 Å². The van der Waals surface area contributed by atoms with Crippen LogP contribution in [0.2, 0.25) is 0 Å². The van der Waals surface area contributed by atoms with Gasteiger partial charge < -0.3 is 10.5 Å².